The summed E-state index contributed by atoms with van der Waals surface area (Å²) in [5, 5.41) is 2.72. The van der Waals surface area contributed by atoms with E-state index in [4.69, 9.17) is 4.74 Å². The first-order valence-corrected chi connectivity index (χ1v) is 6.75. The van der Waals surface area contributed by atoms with E-state index >= 15 is 0 Å². The number of carbonyl (C=O) groups excluding carboxylic acids is 2. The Balaban J connectivity index is 1.50. The van der Waals surface area contributed by atoms with Crippen LogP contribution < -0.4 is 5.32 Å². The second kappa shape index (κ2) is 5.03. The number of hydrogen-bond acceptors (Lipinski definition) is 3. The van der Waals surface area contributed by atoms with Crippen LogP contribution in [0.5, 0.6) is 0 Å². The van der Waals surface area contributed by atoms with Gasteiger partial charge in [0.05, 0.1) is 0 Å². The Bertz CT molecular complexity index is 469. The molecule has 2 saturated carbocycles. The van der Waals surface area contributed by atoms with Crippen molar-refractivity contribution in [2.75, 3.05) is 5.32 Å². The van der Waals surface area contributed by atoms with Crippen molar-refractivity contribution in [3.05, 3.63) is 30.3 Å². The summed E-state index contributed by atoms with van der Waals surface area (Å²) in [6, 6.07) is 9.26. The minimum Gasteiger partial charge on any atom is -0.446 e. The molecule has 0 aromatic heterocycles. The van der Waals surface area contributed by atoms with Crippen molar-refractivity contribution in [2.45, 2.75) is 31.8 Å². The molecule has 4 nitrogen and oxygen atoms in total. The highest BCUT2D eigenvalue weighted by Gasteiger charge is 2.42. The summed E-state index contributed by atoms with van der Waals surface area (Å²) in [5.74, 6) is 1.23. The first-order chi connectivity index (χ1) is 9.20. The maximum absolute atomic E-state index is 11.8. The molecule has 0 bridgehead atoms. The summed E-state index contributed by atoms with van der Waals surface area (Å²) < 4.78 is 5.43. The van der Waals surface area contributed by atoms with Gasteiger partial charge in [-0.05, 0) is 36.8 Å². The average molecular weight is 259 g/mol. The van der Waals surface area contributed by atoms with Crippen molar-refractivity contribution >= 4 is 17.6 Å². The molecule has 1 aromatic rings. The first kappa shape index (κ1) is 12.2. The molecule has 0 spiro atoms. The Morgan fingerprint density at radius 1 is 1.11 bits per heavy atom. The van der Waals surface area contributed by atoms with Crippen LogP contribution in [0.2, 0.25) is 0 Å². The standard InChI is InChI=1S/C15H17NO3/c17-13-6-10-8-14(9-11(10)7-13)19-15(18)16-12-4-2-1-3-5-12/h1-5,10-11,14H,6-9H2,(H,16,18)/t10-,11+,14+. The van der Waals surface area contributed by atoms with Gasteiger partial charge in [0.1, 0.15) is 11.9 Å². The maximum Gasteiger partial charge on any atom is 0.411 e. The summed E-state index contributed by atoms with van der Waals surface area (Å²) in [6.45, 7) is 0. The molecule has 0 radical (unpaired) electrons. The molecule has 1 amide bonds. The number of ether oxygens (including phenoxy) is 1. The molecule has 0 unspecified atom stereocenters. The van der Waals surface area contributed by atoms with Gasteiger partial charge in [-0.3, -0.25) is 10.1 Å². The van der Waals surface area contributed by atoms with Crippen molar-refractivity contribution in [1.82, 2.24) is 0 Å². The van der Waals surface area contributed by atoms with Crippen LogP contribution in [-0.4, -0.2) is 18.0 Å². The van der Waals surface area contributed by atoms with Gasteiger partial charge < -0.3 is 4.74 Å². The smallest absolute Gasteiger partial charge is 0.411 e. The first-order valence-electron chi connectivity index (χ1n) is 6.75. The number of amides is 1. The van der Waals surface area contributed by atoms with Crippen molar-refractivity contribution in [3.8, 4) is 0 Å². The van der Waals surface area contributed by atoms with Crippen LogP contribution in [0.25, 0.3) is 0 Å². The molecule has 1 N–H and O–H groups in total. The largest absolute Gasteiger partial charge is 0.446 e. The predicted octanol–water partition coefficient (Wildman–Crippen LogP) is 2.99. The highest BCUT2D eigenvalue weighted by molar-refractivity contribution is 5.84. The molecule has 3 rings (SSSR count). The SMILES string of the molecule is O=C1C[C@@H]2C[C@H](OC(=O)Nc3ccccc3)C[C@@H]2C1. The molecule has 0 aliphatic heterocycles. The number of fused-ring (bicyclic) bond motifs is 1. The topological polar surface area (TPSA) is 55.4 Å². The van der Waals surface area contributed by atoms with Gasteiger partial charge in [0.15, 0.2) is 0 Å². The minimum atomic E-state index is -0.400. The number of para-hydroxylation sites is 1. The van der Waals surface area contributed by atoms with Gasteiger partial charge in [0.2, 0.25) is 0 Å². The molecule has 2 aliphatic rings. The van der Waals surface area contributed by atoms with E-state index in [-0.39, 0.29) is 6.10 Å². The quantitative estimate of drug-likeness (QED) is 0.888. The van der Waals surface area contributed by atoms with E-state index in [9.17, 15) is 9.59 Å². The van der Waals surface area contributed by atoms with Crippen LogP contribution in [0.1, 0.15) is 25.7 Å². The lowest BCUT2D eigenvalue weighted by Crippen LogP contribution is -2.21. The Morgan fingerprint density at radius 3 is 2.37 bits per heavy atom. The molecule has 100 valence electrons. The predicted molar refractivity (Wildman–Crippen MR) is 70.8 cm³/mol. The van der Waals surface area contributed by atoms with E-state index in [1.165, 1.54) is 0 Å². The van der Waals surface area contributed by atoms with Crippen molar-refractivity contribution < 1.29 is 14.3 Å². The van der Waals surface area contributed by atoms with Crippen molar-refractivity contribution in [1.29, 1.82) is 0 Å². The Hall–Kier alpha value is -1.84. The lowest BCUT2D eigenvalue weighted by Gasteiger charge is -2.13. The van der Waals surface area contributed by atoms with E-state index in [0.29, 0.717) is 30.5 Å². The Kier molecular flexibility index (Phi) is 3.23. The van der Waals surface area contributed by atoms with Gasteiger partial charge in [0.25, 0.3) is 0 Å². The highest BCUT2D eigenvalue weighted by atomic mass is 16.6. The van der Waals surface area contributed by atoms with Crippen LogP contribution in [0.15, 0.2) is 30.3 Å². The van der Waals surface area contributed by atoms with Crippen LogP contribution in [0.3, 0.4) is 0 Å². The van der Waals surface area contributed by atoms with E-state index < -0.39 is 6.09 Å². The van der Waals surface area contributed by atoms with Crippen molar-refractivity contribution in [2.24, 2.45) is 11.8 Å². The monoisotopic (exact) mass is 259 g/mol. The van der Waals surface area contributed by atoms with E-state index in [1.807, 2.05) is 30.3 Å². The number of Topliss-reactive ketones (excluding diaryl/α,β-unsaturated/α-hetero) is 1. The Labute approximate surface area is 112 Å². The number of ketones is 1. The zero-order chi connectivity index (χ0) is 13.2. The molecular weight excluding hydrogens is 242 g/mol. The second-order valence-corrected chi connectivity index (χ2v) is 5.46. The summed E-state index contributed by atoms with van der Waals surface area (Å²) >= 11 is 0. The fraction of sp³-hybridized carbons (Fsp3) is 0.467. The van der Waals surface area contributed by atoms with Crippen LogP contribution >= 0.6 is 0 Å². The minimum absolute atomic E-state index is 0.0354. The van der Waals surface area contributed by atoms with Gasteiger partial charge >= 0.3 is 6.09 Å². The third-order valence-electron chi connectivity index (χ3n) is 4.07. The number of anilines is 1. The average Bonchev–Trinajstić information content (AvgIpc) is 2.86. The van der Waals surface area contributed by atoms with E-state index in [0.717, 1.165) is 18.5 Å². The molecule has 4 heteroatoms. The molecule has 3 atom stereocenters. The number of nitrogens with one attached hydrogen (secondary N) is 1. The van der Waals surface area contributed by atoms with E-state index in [2.05, 4.69) is 5.32 Å². The van der Waals surface area contributed by atoms with Crippen LogP contribution in [0, 0.1) is 11.8 Å². The molecule has 1 aromatic carbocycles. The second-order valence-electron chi connectivity index (χ2n) is 5.46. The molecular formula is C15H17NO3. The molecule has 0 saturated heterocycles. The third kappa shape index (κ3) is 2.78. The fourth-order valence-electron chi connectivity index (χ4n) is 3.24. The highest BCUT2D eigenvalue weighted by Crippen LogP contribution is 2.43. The molecule has 2 fully saturated rings. The lowest BCUT2D eigenvalue weighted by molar-refractivity contribution is -0.118. The third-order valence-corrected chi connectivity index (χ3v) is 4.07. The maximum atomic E-state index is 11.8. The van der Waals surface area contributed by atoms with Gasteiger partial charge in [-0.25, -0.2) is 4.79 Å². The van der Waals surface area contributed by atoms with Gasteiger partial charge in [0, 0.05) is 18.5 Å². The Morgan fingerprint density at radius 2 is 1.74 bits per heavy atom. The fourth-order valence-corrected chi connectivity index (χ4v) is 3.24. The van der Waals surface area contributed by atoms with Gasteiger partial charge in [-0.15, -0.1) is 0 Å². The zero-order valence-electron chi connectivity index (χ0n) is 10.7. The molecule has 19 heavy (non-hydrogen) atoms. The zero-order valence-corrected chi connectivity index (χ0v) is 10.7. The molecule has 2 aliphatic carbocycles. The number of carbonyl (C=O) groups is 2. The number of rotatable bonds is 2. The summed E-state index contributed by atoms with van der Waals surface area (Å²) in [5.41, 5.74) is 0.737. The van der Waals surface area contributed by atoms with Gasteiger partial charge in [-0.2, -0.15) is 0 Å². The van der Waals surface area contributed by atoms with E-state index in [1.54, 1.807) is 0 Å². The normalized spacial score (nSPS) is 29.1. The van der Waals surface area contributed by atoms with Crippen LogP contribution in [0.4, 0.5) is 10.5 Å². The van der Waals surface area contributed by atoms with Crippen molar-refractivity contribution in [3.63, 3.8) is 0 Å². The summed E-state index contributed by atoms with van der Waals surface area (Å²) in [4.78, 5) is 23.1. The van der Waals surface area contributed by atoms with Crippen LogP contribution in [-0.2, 0) is 9.53 Å². The molecule has 0 heterocycles. The number of benzene rings is 1. The summed E-state index contributed by atoms with van der Waals surface area (Å²) in [6.07, 6.45) is 2.57. The number of hydrogen-bond donors (Lipinski definition) is 1. The van der Waals surface area contributed by atoms with Gasteiger partial charge in [-0.1, -0.05) is 18.2 Å². The summed E-state index contributed by atoms with van der Waals surface area (Å²) in [7, 11) is 0. The lowest BCUT2D eigenvalue weighted by atomic mass is 10.0.